The first-order chi connectivity index (χ1) is 8.48. The van der Waals surface area contributed by atoms with Gasteiger partial charge in [0.05, 0.1) is 17.3 Å². The zero-order valence-electron chi connectivity index (χ0n) is 9.77. The standard InChI is InChI=1S/C9H13N3O3S3/c1-12(7-2-3-18(14,15)5-7)8(13)4-16-9-11-10-6-17-9/h6-7H,2-5H2,1H3. The van der Waals surface area contributed by atoms with Crippen LogP contribution in [-0.4, -0.2) is 59.8 Å². The molecular formula is C9H13N3O3S3. The van der Waals surface area contributed by atoms with E-state index in [4.69, 9.17) is 0 Å². The number of carbonyl (C=O) groups is 1. The molecule has 2 heterocycles. The molecule has 0 aliphatic carbocycles. The summed E-state index contributed by atoms with van der Waals surface area (Å²) in [5.41, 5.74) is 1.61. The average Bonchev–Trinajstić information content (AvgIpc) is 2.94. The SMILES string of the molecule is CN(C(=O)CSc1nncs1)C1CCS(=O)(=O)C1. The number of nitrogens with zero attached hydrogens (tertiary/aromatic N) is 3. The van der Waals surface area contributed by atoms with E-state index in [1.165, 1.54) is 23.1 Å². The minimum absolute atomic E-state index is 0.0719. The molecule has 1 aromatic rings. The lowest BCUT2D eigenvalue weighted by Gasteiger charge is -2.22. The third-order valence-corrected chi connectivity index (χ3v) is 6.40. The van der Waals surface area contributed by atoms with Gasteiger partial charge in [-0.3, -0.25) is 4.79 Å². The van der Waals surface area contributed by atoms with Gasteiger partial charge in [0.2, 0.25) is 5.91 Å². The van der Waals surface area contributed by atoms with Gasteiger partial charge >= 0.3 is 0 Å². The maximum absolute atomic E-state index is 11.9. The molecule has 1 aromatic heterocycles. The van der Waals surface area contributed by atoms with Crippen LogP contribution < -0.4 is 0 Å². The molecule has 1 fully saturated rings. The fourth-order valence-corrected chi connectivity index (χ4v) is 4.92. The third-order valence-electron chi connectivity index (χ3n) is 2.81. The quantitative estimate of drug-likeness (QED) is 0.743. The predicted octanol–water partition coefficient (Wildman–Crippen LogP) is 0.276. The molecule has 1 amide bonds. The van der Waals surface area contributed by atoms with Crippen LogP contribution in [0, 0.1) is 0 Å². The van der Waals surface area contributed by atoms with Crippen LogP contribution in [0.4, 0.5) is 0 Å². The maximum atomic E-state index is 11.9. The number of hydrogen-bond acceptors (Lipinski definition) is 7. The molecule has 0 bridgehead atoms. The van der Waals surface area contributed by atoms with Crippen LogP contribution in [0.3, 0.4) is 0 Å². The lowest BCUT2D eigenvalue weighted by atomic mass is 10.2. The van der Waals surface area contributed by atoms with Crippen LogP contribution in [0.25, 0.3) is 0 Å². The summed E-state index contributed by atoms with van der Waals surface area (Å²) in [7, 11) is -1.29. The number of thioether (sulfide) groups is 1. The first-order valence-electron chi connectivity index (χ1n) is 5.33. The summed E-state index contributed by atoms with van der Waals surface area (Å²) in [6.07, 6.45) is 0.536. The Hall–Kier alpha value is -0.670. The van der Waals surface area contributed by atoms with Crippen molar-refractivity contribution in [2.24, 2.45) is 0 Å². The van der Waals surface area contributed by atoms with Gasteiger partial charge in [0.25, 0.3) is 0 Å². The van der Waals surface area contributed by atoms with Gasteiger partial charge in [-0.15, -0.1) is 10.2 Å². The summed E-state index contributed by atoms with van der Waals surface area (Å²) >= 11 is 2.71. The number of carbonyl (C=O) groups excluding carboxylic acids is 1. The number of sulfone groups is 1. The Morgan fingerprint density at radius 3 is 3.00 bits per heavy atom. The van der Waals surface area contributed by atoms with Crippen molar-refractivity contribution in [3.8, 4) is 0 Å². The topological polar surface area (TPSA) is 80.2 Å². The largest absolute Gasteiger partial charge is 0.341 e. The monoisotopic (exact) mass is 307 g/mol. The van der Waals surface area contributed by atoms with E-state index in [0.717, 1.165) is 4.34 Å². The van der Waals surface area contributed by atoms with Gasteiger partial charge in [-0.05, 0) is 6.42 Å². The molecule has 1 atom stereocenters. The van der Waals surface area contributed by atoms with Gasteiger partial charge in [0.1, 0.15) is 5.51 Å². The molecular weight excluding hydrogens is 294 g/mol. The highest BCUT2D eigenvalue weighted by Gasteiger charge is 2.32. The minimum Gasteiger partial charge on any atom is -0.341 e. The van der Waals surface area contributed by atoms with Crippen molar-refractivity contribution < 1.29 is 13.2 Å². The summed E-state index contributed by atoms with van der Waals surface area (Å²) in [5, 5.41) is 7.52. The normalized spacial score (nSPS) is 21.9. The molecule has 1 aliphatic heterocycles. The molecule has 1 aliphatic rings. The number of rotatable bonds is 4. The van der Waals surface area contributed by atoms with E-state index in [2.05, 4.69) is 10.2 Å². The van der Waals surface area contributed by atoms with E-state index in [9.17, 15) is 13.2 Å². The van der Waals surface area contributed by atoms with Crippen molar-refractivity contribution in [3.05, 3.63) is 5.51 Å². The zero-order chi connectivity index (χ0) is 13.2. The Kier molecular flexibility index (Phi) is 4.23. The molecule has 2 rings (SSSR count). The molecule has 18 heavy (non-hydrogen) atoms. The van der Waals surface area contributed by atoms with Crippen molar-refractivity contribution >= 4 is 38.8 Å². The summed E-state index contributed by atoms with van der Waals surface area (Å²) in [6, 6.07) is -0.183. The number of aromatic nitrogens is 2. The van der Waals surface area contributed by atoms with E-state index in [0.29, 0.717) is 6.42 Å². The molecule has 0 N–H and O–H groups in total. The molecule has 1 unspecified atom stereocenters. The highest BCUT2D eigenvalue weighted by molar-refractivity contribution is 8.01. The van der Waals surface area contributed by atoms with Gasteiger partial charge in [0, 0.05) is 13.1 Å². The van der Waals surface area contributed by atoms with E-state index in [-0.39, 0.29) is 29.2 Å². The van der Waals surface area contributed by atoms with E-state index in [1.54, 1.807) is 17.5 Å². The number of hydrogen-bond donors (Lipinski definition) is 0. The summed E-state index contributed by atoms with van der Waals surface area (Å²) in [4.78, 5) is 13.4. The Labute approximate surface area is 114 Å². The van der Waals surface area contributed by atoms with Crippen molar-refractivity contribution in [2.75, 3.05) is 24.3 Å². The second-order valence-electron chi connectivity index (χ2n) is 4.05. The fourth-order valence-electron chi connectivity index (χ4n) is 1.74. The van der Waals surface area contributed by atoms with Crippen LogP contribution >= 0.6 is 23.1 Å². The Morgan fingerprint density at radius 1 is 1.67 bits per heavy atom. The molecule has 0 saturated carbocycles. The highest BCUT2D eigenvalue weighted by Crippen LogP contribution is 2.21. The van der Waals surface area contributed by atoms with Gasteiger partial charge in [-0.25, -0.2) is 8.42 Å². The Balaban J connectivity index is 1.85. The first kappa shape index (κ1) is 13.8. The third kappa shape index (κ3) is 3.42. The summed E-state index contributed by atoms with van der Waals surface area (Å²) < 4.78 is 23.5. The van der Waals surface area contributed by atoms with Crippen LogP contribution in [0.1, 0.15) is 6.42 Å². The van der Waals surface area contributed by atoms with Crippen molar-refractivity contribution in [2.45, 2.75) is 16.8 Å². The summed E-state index contributed by atoms with van der Waals surface area (Å²) in [6.45, 7) is 0. The van der Waals surface area contributed by atoms with Gasteiger partial charge in [-0.2, -0.15) is 0 Å². The molecule has 100 valence electrons. The predicted molar refractivity (Wildman–Crippen MR) is 70.5 cm³/mol. The molecule has 1 saturated heterocycles. The molecule has 0 aromatic carbocycles. The van der Waals surface area contributed by atoms with Crippen molar-refractivity contribution in [1.82, 2.24) is 15.1 Å². The molecule has 6 nitrogen and oxygen atoms in total. The first-order valence-corrected chi connectivity index (χ1v) is 9.01. The Bertz CT molecular complexity index is 514. The summed E-state index contributed by atoms with van der Waals surface area (Å²) in [5.74, 6) is 0.456. The minimum atomic E-state index is -2.95. The molecule has 9 heteroatoms. The highest BCUT2D eigenvalue weighted by atomic mass is 32.2. The van der Waals surface area contributed by atoms with Crippen LogP contribution in [0.15, 0.2) is 9.85 Å². The van der Waals surface area contributed by atoms with Crippen LogP contribution in [-0.2, 0) is 14.6 Å². The van der Waals surface area contributed by atoms with Gasteiger partial charge in [-0.1, -0.05) is 23.1 Å². The second kappa shape index (κ2) is 5.54. The number of amides is 1. The molecule has 0 radical (unpaired) electrons. The van der Waals surface area contributed by atoms with Crippen LogP contribution in [0.2, 0.25) is 0 Å². The smallest absolute Gasteiger partial charge is 0.233 e. The van der Waals surface area contributed by atoms with E-state index in [1.807, 2.05) is 0 Å². The zero-order valence-corrected chi connectivity index (χ0v) is 12.2. The Morgan fingerprint density at radius 2 is 2.44 bits per heavy atom. The van der Waals surface area contributed by atoms with E-state index >= 15 is 0 Å². The van der Waals surface area contributed by atoms with Crippen LogP contribution in [0.5, 0.6) is 0 Å². The fraction of sp³-hybridized carbons (Fsp3) is 0.667. The van der Waals surface area contributed by atoms with Crippen molar-refractivity contribution in [3.63, 3.8) is 0 Å². The second-order valence-corrected chi connectivity index (χ2v) is 8.34. The van der Waals surface area contributed by atoms with Gasteiger partial charge in [0.15, 0.2) is 14.2 Å². The maximum Gasteiger partial charge on any atom is 0.233 e. The lowest BCUT2D eigenvalue weighted by Crippen LogP contribution is -2.38. The average molecular weight is 307 g/mol. The molecule has 0 spiro atoms. The van der Waals surface area contributed by atoms with Crippen molar-refractivity contribution in [1.29, 1.82) is 0 Å². The van der Waals surface area contributed by atoms with Gasteiger partial charge < -0.3 is 4.90 Å². The lowest BCUT2D eigenvalue weighted by molar-refractivity contribution is -0.128. The van der Waals surface area contributed by atoms with E-state index < -0.39 is 9.84 Å².